The lowest BCUT2D eigenvalue weighted by Crippen LogP contribution is -2.41. The van der Waals surface area contributed by atoms with Crippen LogP contribution < -0.4 is 0 Å². The molecule has 0 aromatic heterocycles. The van der Waals surface area contributed by atoms with E-state index in [0.29, 0.717) is 12.3 Å². The summed E-state index contributed by atoms with van der Waals surface area (Å²) in [5.74, 6) is 0.408. The Labute approximate surface area is 137 Å². The summed E-state index contributed by atoms with van der Waals surface area (Å²) >= 11 is 0. The van der Waals surface area contributed by atoms with Gasteiger partial charge in [0.1, 0.15) is 0 Å². The Balaban J connectivity index is 2.37. The Kier molecular flexibility index (Phi) is 7.31. The molecule has 0 saturated heterocycles. The maximum Gasteiger partial charge on any atom is 0.191 e. The Morgan fingerprint density at radius 1 is 1.41 bits per heavy atom. The number of nitriles is 1. The average molecular weight is 324 g/mol. The summed E-state index contributed by atoms with van der Waals surface area (Å²) in [6, 6.07) is 2.24. The smallest absolute Gasteiger partial charge is 0.191 e. The van der Waals surface area contributed by atoms with Crippen molar-refractivity contribution in [1.29, 1.82) is 5.26 Å². The largest absolute Gasteiger partial charge is 0.417 e. The van der Waals surface area contributed by atoms with Crippen molar-refractivity contribution in [2.45, 2.75) is 83.7 Å². The van der Waals surface area contributed by atoms with Crippen molar-refractivity contribution >= 4 is 8.32 Å². The molecule has 0 radical (unpaired) electrons. The molecular weight excluding hydrogens is 290 g/mol. The minimum Gasteiger partial charge on any atom is -0.417 e. The summed E-state index contributed by atoms with van der Waals surface area (Å²) in [4.78, 5) is 0. The monoisotopic (exact) mass is 323 g/mol. The third kappa shape index (κ3) is 6.24. The highest BCUT2D eigenvalue weighted by Crippen LogP contribution is 2.36. The maximum atomic E-state index is 8.76. The van der Waals surface area contributed by atoms with E-state index in [1.165, 1.54) is 0 Å². The molecule has 0 spiro atoms. The molecule has 4 heteroatoms. The van der Waals surface area contributed by atoms with E-state index in [1.807, 2.05) is 0 Å². The van der Waals surface area contributed by atoms with Crippen molar-refractivity contribution in [3.8, 4) is 6.07 Å². The van der Waals surface area contributed by atoms with Crippen LogP contribution in [0.15, 0.2) is 12.2 Å². The summed E-state index contributed by atoms with van der Waals surface area (Å²) in [7, 11) is -1.66. The molecule has 3 nitrogen and oxygen atoms in total. The Morgan fingerprint density at radius 2 is 2.09 bits per heavy atom. The van der Waals surface area contributed by atoms with Crippen LogP contribution >= 0.6 is 0 Å². The summed E-state index contributed by atoms with van der Waals surface area (Å²) in [5.41, 5.74) is 0. The van der Waals surface area contributed by atoms with Crippen LogP contribution in [0, 0.1) is 17.2 Å². The zero-order valence-corrected chi connectivity index (χ0v) is 16.2. The highest BCUT2D eigenvalue weighted by atomic mass is 28.4. The summed E-state index contributed by atoms with van der Waals surface area (Å²) in [6.07, 6.45) is 8.29. The molecule has 0 aliphatic carbocycles. The first kappa shape index (κ1) is 19.4. The molecule has 0 aromatic rings. The zero-order valence-electron chi connectivity index (χ0n) is 15.2. The fourth-order valence-electron chi connectivity index (χ4n) is 2.38. The number of hydrogen-bond acceptors (Lipinski definition) is 3. The first-order valence-corrected chi connectivity index (χ1v) is 11.4. The van der Waals surface area contributed by atoms with E-state index in [1.54, 1.807) is 0 Å². The predicted octanol–water partition coefficient (Wildman–Crippen LogP) is 5.05. The van der Waals surface area contributed by atoms with Crippen LogP contribution in [0.1, 0.15) is 53.4 Å². The van der Waals surface area contributed by atoms with Crippen LogP contribution in [0.2, 0.25) is 18.1 Å². The molecule has 126 valence electrons. The first-order valence-electron chi connectivity index (χ1n) is 8.48. The average Bonchev–Trinajstić information content (AvgIpc) is 2.37. The predicted molar refractivity (Wildman–Crippen MR) is 94.2 cm³/mol. The van der Waals surface area contributed by atoms with Gasteiger partial charge in [-0.3, -0.25) is 0 Å². The topological polar surface area (TPSA) is 42.2 Å². The van der Waals surface area contributed by atoms with Gasteiger partial charge in [0.05, 0.1) is 18.3 Å². The highest BCUT2D eigenvalue weighted by Gasteiger charge is 2.37. The Bertz CT molecular complexity index is 406. The SMILES string of the molecule is C[C@@H](CC#N)C[C@@H]1CC=C[C@@H](CCO[Si](C)(C)C(C)(C)C)O1. The third-order valence-electron chi connectivity index (χ3n) is 4.89. The van der Waals surface area contributed by atoms with Crippen LogP contribution in [-0.2, 0) is 9.16 Å². The van der Waals surface area contributed by atoms with Crippen molar-refractivity contribution in [3.63, 3.8) is 0 Å². The molecule has 3 atom stereocenters. The second-order valence-electron chi connectivity index (χ2n) is 8.06. The van der Waals surface area contributed by atoms with Crippen molar-refractivity contribution in [1.82, 2.24) is 0 Å². The normalized spacial score (nSPS) is 24.0. The zero-order chi connectivity index (χ0) is 16.8. The number of hydrogen-bond donors (Lipinski definition) is 0. The van der Waals surface area contributed by atoms with Crippen molar-refractivity contribution in [3.05, 3.63) is 12.2 Å². The van der Waals surface area contributed by atoms with Gasteiger partial charge in [-0.25, -0.2) is 0 Å². The van der Waals surface area contributed by atoms with E-state index in [9.17, 15) is 0 Å². The van der Waals surface area contributed by atoms with Crippen LogP contribution in [-0.4, -0.2) is 27.1 Å². The summed E-state index contributed by atoms with van der Waals surface area (Å²) < 4.78 is 12.4. The molecule has 1 heterocycles. The molecule has 0 N–H and O–H groups in total. The van der Waals surface area contributed by atoms with Gasteiger partial charge in [0.15, 0.2) is 8.32 Å². The number of rotatable bonds is 7. The molecule has 22 heavy (non-hydrogen) atoms. The minimum absolute atomic E-state index is 0.165. The van der Waals surface area contributed by atoms with Gasteiger partial charge in [-0.1, -0.05) is 39.8 Å². The van der Waals surface area contributed by atoms with Gasteiger partial charge in [-0.05, 0) is 43.3 Å². The Morgan fingerprint density at radius 3 is 2.68 bits per heavy atom. The molecule has 1 rings (SSSR count). The fraction of sp³-hybridized carbons (Fsp3) is 0.833. The van der Waals surface area contributed by atoms with Gasteiger partial charge >= 0.3 is 0 Å². The number of nitrogens with zero attached hydrogens (tertiary/aromatic N) is 1. The molecule has 1 aliphatic rings. The molecular formula is C18H33NO2Si. The molecule has 0 unspecified atom stereocenters. The van der Waals surface area contributed by atoms with Crippen LogP contribution in [0.4, 0.5) is 0 Å². The van der Waals surface area contributed by atoms with E-state index < -0.39 is 8.32 Å². The lowest BCUT2D eigenvalue weighted by Gasteiger charge is -2.36. The lowest BCUT2D eigenvalue weighted by molar-refractivity contribution is -0.0145. The maximum absolute atomic E-state index is 8.76. The molecule has 0 saturated carbocycles. The van der Waals surface area contributed by atoms with Gasteiger partial charge in [0.25, 0.3) is 0 Å². The minimum atomic E-state index is -1.66. The van der Waals surface area contributed by atoms with E-state index in [2.05, 4.69) is 59.0 Å². The molecule has 1 aliphatic heterocycles. The van der Waals surface area contributed by atoms with Crippen LogP contribution in [0.5, 0.6) is 0 Å². The van der Waals surface area contributed by atoms with Crippen molar-refractivity contribution in [2.75, 3.05) is 6.61 Å². The highest BCUT2D eigenvalue weighted by molar-refractivity contribution is 6.74. The van der Waals surface area contributed by atoms with Crippen LogP contribution in [0.25, 0.3) is 0 Å². The van der Waals surface area contributed by atoms with E-state index in [4.69, 9.17) is 14.4 Å². The van der Waals surface area contributed by atoms with Crippen molar-refractivity contribution < 1.29 is 9.16 Å². The third-order valence-corrected chi connectivity index (χ3v) is 9.43. The standard InChI is InChI=1S/C18H33NO2Si/c1-15(10-12-19)14-17-9-7-8-16(21-17)11-13-20-22(5,6)18(2,3)4/h7-8,15-17H,9-11,13-14H2,1-6H3/t15-,16-,17-/m0/s1. The second kappa shape index (κ2) is 8.28. The quantitative estimate of drug-likeness (QED) is 0.486. The van der Waals surface area contributed by atoms with Gasteiger partial charge in [-0.15, -0.1) is 0 Å². The van der Waals surface area contributed by atoms with Crippen LogP contribution in [0.3, 0.4) is 0 Å². The van der Waals surface area contributed by atoms with E-state index in [0.717, 1.165) is 25.9 Å². The fourth-order valence-corrected chi connectivity index (χ4v) is 3.44. The first-order chi connectivity index (χ1) is 10.2. The molecule has 0 bridgehead atoms. The van der Waals surface area contributed by atoms with Gasteiger partial charge < -0.3 is 9.16 Å². The van der Waals surface area contributed by atoms with E-state index in [-0.39, 0.29) is 17.2 Å². The molecule has 0 fully saturated rings. The molecule has 0 aromatic carbocycles. The van der Waals surface area contributed by atoms with E-state index >= 15 is 0 Å². The lowest BCUT2D eigenvalue weighted by atomic mass is 9.97. The summed E-state index contributed by atoms with van der Waals surface area (Å²) in [5, 5.41) is 9.01. The number of ether oxygens (including phenoxy) is 1. The summed E-state index contributed by atoms with van der Waals surface area (Å²) in [6.45, 7) is 14.3. The van der Waals surface area contributed by atoms with Gasteiger partial charge in [0, 0.05) is 13.0 Å². The van der Waals surface area contributed by atoms with Gasteiger partial charge in [-0.2, -0.15) is 5.26 Å². The second-order valence-corrected chi connectivity index (χ2v) is 12.9. The van der Waals surface area contributed by atoms with Gasteiger partial charge in [0.2, 0.25) is 0 Å². The molecule has 0 amide bonds. The Hall–Kier alpha value is -0.633. The van der Waals surface area contributed by atoms with Crippen molar-refractivity contribution in [2.24, 2.45) is 5.92 Å².